The first-order valence-electron chi connectivity index (χ1n) is 10.1. The first-order valence-corrected chi connectivity index (χ1v) is 10.9. The van der Waals surface area contributed by atoms with Crippen LogP contribution in [0.2, 0.25) is 5.02 Å². The van der Waals surface area contributed by atoms with Crippen LogP contribution in [0, 0.1) is 0 Å². The van der Waals surface area contributed by atoms with Crippen LogP contribution in [0.5, 0.6) is 0 Å². The van der Waals surface area contributed by atoms with Crippen molar-refractivity contribution in [2.75, 3.05) is 4.90 Å². The molecule has 1 aliphatic rings. The summed E-state index contributed by atoms with van der Waals surface area (Å²) in [5.74, 6) is 0.913. The van der Waals surface area contributed by atoms with Crippen LogP contribution in [0.3, 0.4) is 0 Å². The number of thiocarbonyl (C=S) groups is 1. The number of allylic oxidation sites excluding steroid dienone is 1. The van der Waals surface area contributed by atoms with E-state index in [1.165, 1.54) is 0 Å². The zero-order valence-corrected chi connectivity index (χ0v) is 18.8. The van der Waals surface area contributed by atoms with Crippen LogP contribution in [0.1, 0.15) is 24.4 Å². The van der Waals surface area contributed by atoms with Crippen LogP contribution in [-0.2, 0) is 0 Å². The van der Waals surface area contributed by atoms with E-state index < -0.39 is 0 Å². The van der Waals surface area contributed by atoms with Crippen molar-refractivity contribution < 1.29 is 4.52 Å². The van der Waals surface area contributed by atoms with Gasteiger partial charge in [-0.05, 0) is 49.0 Å². The van der Waals surface area contributed by atoms with Crippen LogP contribution in [0.25, 0.3) is 17.0 Å². The molecule has 5 nitrogen and oxygen atoms in total. The van der Waals surface area contributed by atoms with Crippen molar-refractivity contribution in [3.8, 4) is 11.4 Å². The first kappa shape index (κ1) is 20.4. The lowest BCUT2D eigenvalue weighted by Crippen LogP contribution is -2.46. The maximum Gasteiger partial charge on any atom is 0.258 e. The minimum Gasteiger partial charge on any atom is -0.351 e. The lowest BCUT2D eigenvalue weighted by atomic mass is 9.94. The number of nitrogens with one attached hydrogen (secondary N) is 1. The quantitative estimate of drug-likeness (QED) is 0.364. The summed E-state index contributed by atoms with van der Waals surface area (Å²) in [6, 6.07) is 27.3. The van der Waals surface area contributed by atoms with Gasteiger partial charge in [-0.2, -0.15) is 4.98 Å². The second kappa shape index (κ2) is 8.57. The Labute approximate surface area is 196 Å². The Morgan fingerprint density at radius 3 is 2.41 bits per heavy atom. The summed E-state index contributed by atoms with van der Waals surface area (Å²) in [5.41, 5.74) is 4.60. The zero-order chi connectivity index (χ0) is 22.1. The molecule has 0 radical (unpaired) electrons. The summed E-state index contributed by atoms with van der Waals surface area (Å²) in [5, 5.41) is 8.92. The number of aromatic nitrogens is 2. The molecule has 1 atom stereocenters. The SMILES string of the molecule is CC1=C(c2nc(-c3cccc(Cl)c3)no2)C(c2ccccc2)NC(=S)N1c1ccccc1. The molecule has 0 amide bonds. The molecule has 1 aliphatic heterocycles. The molecule has 4 aromatic rings. The fraction of sp³-hybridized carbons (Fsp3) is 0.0800. The molecule has 1 N–H and O–H groups in total. The third kappa shape index (κ3) is 3.79. The van der Waals surface area contributed by atoms with E-state index in [-0.39, 0.29) is 6.04 Å². The first-order chi connectivity index (χ1) is 15.6. The highest BCUT2D eigenvalue weighted by molar-refractivity contribution is 7.80. The smallest absolute Gasteiger partial charge is 0.258 e. The average Bonchev–Trinajstić information content (AvgIpc) is 3.30. The van der Waals surface area contributed by atoms with Crippen molar-refractivity contribution in [2.24, 2.45) is 0 Å². The monoisotopic (exact) mass is 458 g/mol. The van der Waals surface area contributed by atoms with Gasteiger partial charge in [-0.15, -0.1) is 0 Å². The van der Waals surface area contributed by atoms with Gasteiger partial charge in [-0.25, -0.2) is 0 Å². The Bertz CT molecular complexity index is 1300. The number of anilines is 1. The van der Waals surface area contributed by atoms with Gasteiger partial charge in [0.1, 0.15) is 0 Å². The Morgan fingerprint density at radius 2 is 1.69 bits per heavy atom. The molecule has 158 valence electrons. The third-order valence-corrected chi connectivity index (χ3v) is 5.91. The molecule has 0 aliphatic carbocycles. The highest BCUT2D eigenvalue weighted by Gasteiger charge is 2.34. The lowest BCUT2D eigenvalue weighted by Gasteiger charge is -2.37. The highest BCUT2D eigenvalue weighted by Crippen LogP contribution is 2.39. The fourth-order valence-corrected chi connectivity index (χ4v) is 4.43. The van der Waals surface area contributed by atoms with Crippen LogP contribution >= 0.6 is 23.8 Å². The third-order valence-electron chi connectivity index (χ3n) is 5.37. The van der Waals surface area contributed by atoms with Crippen molar-refractivity contribution in [3.63, 3.8) is 0 Å². The van der Waals surface area contributed by atoms with E-state index in [4.69, 9.17) is 33.3 Å². The second-order valence-electron chi connectivity index (χ2n) is 7.40. The molecule has 32 heavy (non-hydrogen) atoms. The van der Waals surface area contributed by atoms with Crippen molar-refractivity contribution in [3.05, 3.63) is 107 Å². The summed E-state index contributed by atoms with van der Waals surface area (Å²) < 4.78 is 5.77. The summed E-state index contributed by atoms with van der Waals surface area (Å²) in [6.07, 6.45) is 0. The predicted octanol–water partition coefficient (Wildman–Crippen LogP) is 6.26. The minimum atomic E-state index is -0.226. The second-order valence-corrected chi connectivity index (χ2v) is 8.22. The standard InChI is InChI=1S/C25H19ClN4OS/c1-16-21(24-28-23(29-31-24)18-11-8-12-19(26)15-18)22(17-9-4-2-5-10-17)27-25(32)30(16)20-13-6-3-7-14-20/h2-15,22H,1H3,(H,27,32). The van der Waals surface area contributed by atoms with Crippen LogP contribution in [0.4, 0.5) is 5.69 Å². The van der Waals surface area contributed by atoms with Gasteiger partial charge in [0, 0.05) is 22.0 Å². The molecule has 0 bridgehead atoms. The number of hydrogen-bond donors (Lipinski definition) is 1. The van der Waals surface area contributed by atoms with E-state index in [0.29, 0.717) is 21.9 Å². The largest absolute Gasteiger partial charge is 0.351 e. The molecule has 1 aromatic heterocycles. The van der Waals surface area contributed by atoms with Crippen molar-refractivity contribution >= 4 is 40.2 Å². The van der Waals surface area contributed by atoms with Crippen LogP contribution < -0.4 is 10.2 Å². The number of benzene rings is 3. The highest BCUT2D eigenvalue weighted by atomic mass is 35.5. The molecule has 3 aromatic carbocycles. The normalized spacial score (nSPS) is 16.2. The van der Waals surface area contributed by atoms with E-state index in [2.05, 4.69) is 22.6 Å². The number of hydrogen-bond acceptors (Lipinski definition) is 4. The molecule has 2 heterocycles. The fourth-order valence-electron chi connectivity index (χ4n) is 3.88. The maximum absolute atomic E-state index is 6.15. The molecule has 0 spiro atoms. The van der Waals surface area contributed by atoms with Gasteiger partial charge < -0.3 is 9.84 Å². The Balaban J connectivity index is 1.66. The van der Waals surface area contributed by atoms with Gasteiger partial charge in [-0.1, -0.05) is 77.4 Å². The van der Waals surface area contributed by atoms with Crippen LogP contribution in [-0.4, -0.2) is 15.3 Å². The Morgan fingerprint density at radius 1 is 0.969 bits per heavy atom. The molecule has 7 heteroatoms. The molecule has 0 saturated heterocycles. The average molecular weight is 459 g/mol. The van der Waals surface area contributed by atoms with E-state index in [0.717, 1.165) is 28.1 Å². The summed E-state index contributed by atoms with van der Waals surface area (Å²) in [4.78, 5) is 6.71. The Hall–Kier alpha value is -3.48. The zero-order valence-electron chi connectivity index (χ0n) is 17.2. The molecule has 0 saturated carbocycles. The molecule has 1 unspecified atom stereocenters. The summed E-state index contributed by atoms with van der Waals surface area (Å²) in [6.45, 7) is 2.02. The maximum atomic E-state index is 6.15. The lowest BCUT2D eigenvalue weighted by molar-refractivity contribution is 0.404. The topological polar surface area (TPSA) is 54.2 Å². The number of halogens is 1. The van der Waals surface area contributed by atoms with Gasteiger partial charge in [0.15, 0.2) is 5.11 Å². The van der Waals surface area contributed by atoms with Gasteiger partial charge in [-0.3, -0.25) is 4.90 Å². The number of para-hydroxylation sites is 1. The summed E-state index contributed by atoms with van der Waals surface area (Å²) in [7, 11) is 0. The van der Waals surface area contributed by atoms with Crippen LogP contribution in [0.15, 0.2) is 95.1 Å². The molecular weight excluding hydrogens is 440 g/mol. The van der Waals surface area contributed by atoms with Crippen molar-refractivity contribution in [1.29, 1.82) is 0 Å². The minimum absolute atomic E-state index is 0.226. The van der Waals surface area contributed by atoms with Crippen molar-refractivity contribution in [2.45, 2.75) is 13.0 Å². The molecule has 0 fully saturated rings. The van der Waals surface area contributed by atoms with Gasteiger partial charge >= 0.3 is 0 Å². The van der Waals surface area contributed by atoms with Gasteiger partial charge in [0.2, 0.25) is 5.82 Å². The van der Waals surface area contributed by atoms with E-state index in [9.17, 15) is 0 Å². The van der Waals surface area contributed by atoms with Crippen molar-refractivity contribution in [1.82, 2.24) is 15.5 Å². The number of rotatable bonds is 4. The summed E-state index contributed by atoms with van der Waals surface area (Å²) >= 11 is 11.9. The Kier molecular flexibility index (Phi) is 5.47. The predicted molar refractivity (Wildman–Crippen MR) is 131 cm³/mol. The van der Waals surface area contributed by atoms with Gasteiger partial charge in [0.05, 0.1) is 11.6 Å². The molecular formula is C25H19ClN4OS. The van der Waals surface area contributed by atoms with E-state index in [1.807, 2.05) is 84.6 Å². The van der Waals surface area contributed by atoms with Gasteiger partial charge in [0.25, 0.3) is 5.89 Å². The molecule has 5 rings (SSSR count). The van der Waals surface area contributed by atoms with E-state index >= 15 is 0 Å². The van der Waals surface area contributed by atoms with E-state index in [1.54, 1.807) is 0 Å². The number of nitrogens with zero attached hydrogens (tertiary/aromatic N) is 3.